The van der Waals surface area contributed by atoms with Gasteiger partial charge in [-0.3, -0.25) is 9.48 Å². The molecule has 7 nitrogen and oxygen atoms in total. The predicted molar refractivity (Wildman–Crippen MR) is 96.4 cm³/mol. The van der Waals surface area contributed by atoms with Gasteiger partial charge in [-0.1, -0.05) is 12.1 Å². The Bertz CT molecular complexity index is 934. The van der Waals surface area contributed by atoms with Crippen molar-refractivity contribution in [3.05, 3.63) is 42.4 Å². The molecule has 2 aromatic heterocycles. The lowest BCUT2D eigenvalue weighted by Gasteiger charge is -2.20. The third-order valence-electron chi connectivity index (χ3n) is 4.64. The first-order chi connectivity index (χ1) is 12.1. The summed E-state index contributed by atoms with van der Waals surface area (Å²) in [7, 11) is 1.86. The minimum atomic E-state index is 0.0379. The van der Waals surface area contributed by atoms with E-state index < -0.39 is 0 Å². The summed E-state index contributed by atoms with van der Waals surface area (Å²) in [5, 5.41) is 8.57. The molecule has 1 amide bonds. The second-order valence-corrected chi connectivity index (χ2v) is 6.34. The molecule has 128 valence electrons. The Balaban J connectivity index is 1.60. The van der Waals surface area contributed by atoms with Crippen molar-refractivity contribution >= 4 is 28.4 Å². The Labute approximate surface area is 145 Å². The van der Waals surface area contributed by atoms with E-state index in [2.05, 4.69) is 39.4 Å². The number of aryl methyl sites for hydroxylation is 1. The number of hydrogen-bond acceptors (Lipinski definition) is 5. The Kier molecular flexibility index (Phi) is 3.83. The number of hydrogen-bond donors (Lipinski definition) is 1. The van der Waals surface area contributed by atoms with Crippen LogP contribution in [0.3, 0.4) is 0 Å². The van der Waals surface area contributed by atoms with Crippen LogP contribution < -0.4 is 10.2 Å². The van der Waals surface area contributed by atoms with E-state index in [1.807, 2.05) is 24.1 Å². The second-order valence-electron chi connectivity index (χ2n) is 6.34. The first-order valence-electron chi connectivity index (χ1n) is 8.43. The molecule has 0 unspecified atom stereocenters. The molecule has 0 spiro atoms. The Hall–Kier alpha value is -2.96. The summed E-state index contributed by atoms with van der Waals surface area (Å²) in [6.07, 6.45) is 4.87. The molecule has 1 aliphatic rings. The average molecular weight is 336 g/mol. The number of amides is 1. The van der Waals surface area contributed by atoms with Gasteiger partial charge in [0, 0.05) is 25.7 Å². The van der Waals surface area contributed by atoms with E-state index in [-0.39, 0.29) is 11.9 Å². The van der Waals surface area contributed by atoms with Crippen molar-refractivity contribution in [1.82, 2.24) is 19.7 Å². The van der Waals surface area contributed by atoms with Crippen molar-refractivity contribution in [3.63, 3.8) is 0 Å². The van der Waals surface area contributed by atoms with Crippen molar-refractivity contribution in [2.75, 3.05) is 16.8 Å². The van der Waals surface area contributed by atoms with Gasteiger partial charge in [0.2, 0.25) is 5.91 Å². The van der Waals surface area contributed by atoms with Gasteiger partial charge in [0.1, 0.15) is 12.1 Å². The van der Waals surface area contributed by atoms with Crippen LogP contribution in [0, 0.1) is 0 Å². The van der Waals surface area contributed by atoms with Crippen molar-refractivity contribution in [2.45, 2.75) is 25.8 Å². The molecule has 7 heteroatoms. The zero-order chi connectivity index (χ0) is 17.4. The Morgan fingerprint density at radius 1 is 1.28 bits per heavy atom. The van der Waals surface area contributed by atoms with Crippen LogP contribution in [-0.2, 0) is 11.8 Å². The fraction of sp³-hybridized carbons (Fsp3) is 0.333. The molecule has 3 aromatic rings. The van der Waals surface area contributed by atoms with E-state index >= 15 is 0 Å². The standard InChI is InChI=1S/C18H20N6O/c1-12(22-17-15-10-21-23(2)18(15)20-11-19-17)13-5-3-6-14(9-13)24-8-4-7-16(24)25/h3,5-6,9-12H,4,7-8H2,1-2H3,(H,19,20,22)/t12-/m1/s1. The third-order valence-corrected chi connectivity index (χ3v) is 4.64. The lowest BCUT2D eigenvalue weighted by molar-refractivity contribution is -0.117. The highest BCUT2D eigenvalue weighted by Gasteiger charge is 2.22. The van der Waals surface area contributed by atoms with Crippen molar-refractivity contribution in [2.24, 2.45) is 7.05 Å². The van der Waals surface area contributed by atoms with Gasteiger partial charge < -0.3 is 10.2 Å². The fourth-order valence-corrected chi connectivity index (χ4v) is 3.25. The lowest BCUT2D eigenvalue weighted by atomic mass is 10.1. The average Bonchev–Trinajstić information content (AvgIpc) is 3.22. The number of carbonyl (C=O) groups excluding carboxylic acids is 1. The molecule has 4 rings (SSSR count). The number of rotatable bonds is 4. The van der Waals surface area contributed by atoms with Crippen LogP contribution >= 0.6 is 0 Å². The van der Waals surface area contributed by atoms with Crippen LogP contribution in [0.4, 0.5) is 11.5 Å². The maximum atomic E-state index is 12.0. The van der Waals surface area contributed by atoms with Gasteiger partial charge in [-0.15, -0.1) is 0 Å². The van der Waals surface area contributed by atoms with E-state index in [0.29, 0.717) is 6.42 Å². The van der Waals surface area contributed by atoms with Crippen LogP contribution in [0.25, 0.3) is 11.0 Å². The molecule has 0 saturated carbocycles. The number of carbonyl (C=O) groups is 1. The van der Waals surface area contributed by atoms with Crippen LogP contribution in [0.1, 0.15) is 31.4 Å². The maximum Gasteiger partial charge on any atom is 0.227 e. The van der Waals surface area contributed by atoms with E-state index in [4.69, 9.17) is 0 Å². The smallest absolute Gasteiger partial charge is 0.227 e. The fourth-order valence-electron chi connectivity index (χ4n) is 3.25. The van der Waals surface area contributed by atoms with Gasteiger partial charge in [0.25, 0.3) is 0 Å². The van der Waals surface area contributed by atoms with Gasteiger partial charge in [-0.05, 0) is 31.0 Å². The molecular weight excluding hydrogens is 316 g/mol. The molecule has 1 N–H and O–H groups in total. The molecule has 25 heavy (non-hydrogen) atoms. The summed E-state index contributed by atoms with van der Waals surface area (Å²) in [5.74, 6) is 0.957. The Morgan fingerprint density at radius 2 is 2.16 bits per heavy atom. The molecule has 3 heterocycles. The van der Waals surface area contributed by atoms with Crippen LogP contribution in [-0.4, -0.2) is 32.2 Å². The second kappa shape index (κ2) is 6.16. The predicted octanol–water partition coefficient (Wildman–Crippen LogP) is 2.66. The van der Waals surface area contributed by atoms with E-state index in [1.54, 1.807) is 17.2 Å². The molecule has 1 saturated heterocycles. The lowest BCUT2D eigenvalue weighted by Crippen LogP contribution is -2.23. The van der Waals surface area contributed by atoms with Crippen LogP contribution in [0.2, 0.25) is 0 Å². The minimum Gasteiger partial charge on any atom is -0.363 e. The summed E-state index contributed by atoms with van der Waals surface area (Å²) in [5.41, 5.74) is 2.86. The molecular formula is C18H20N6O. The number of fused-ring (bicyclic) bond motifs is 1. The van der Waals surface area contributed by atoms with Gasteiger partial charge in [0.05, 0.1) is 17.6 Å². The minimum absolute atomic E-state index is 0.0379. The Morgan fingerprint density at radius 3 is 2.96 bits per heavy atom. The third kappa shape index (κ3) is 2.82. The number of benzene rings is 1. The molecule has 0 aliphatic carbocycles. The van der Waals surface area contributed by atoms with Crippen LogP contribution in [0.5, 0.6) is 0 Å². The van der Waals surface area contributed by atoms with Gasteiger partial charge >= 0.3 is 0 Å². The summed E-state index contributed by atoms with van der Waals surface area (Å²) >= 11 is 0. The number of nitrogens with one attached hydrogen (secondary N) is 1. The molecule has 1 atom stereocenters. The molecule has 1 fully saturated rings. The quantitative estimate of drug-likeness (QED) is 0.793. The SMILES string of the molecule is C[C@@H](Nc1ncnc2c1cnn2C)c1cccc(N2CCCC2=O)c1. The number of aromatic nitrogens is 4. The monoisotopic (exact) mass is 336 g/mol. The van der Waals surface area contributed by atoms with Gasteiger partial charge in [0.15, 0.2) is 5.65 Å². The molecule has 0 bridgehead atoms. The first kappa shape index (κ1) is 15.6. The van der Waals surface area contributed by atoms with Crippen molar-refractivity contribution in [3.8, 4) is 0 Å². The van der Waals surface area contributed by atoms with Gasteiger partial charge in [-0.2, -0.15) is 5.10 Å². The topological polar surface area (TPSA) is 75.9 Å². The zero-order valence-corrected chi connectivity index (χ0v) is 14.3. The van der Waals surface area contributed by atoms with Gasteiger partial charge in [-0.25, -0.2) is 9.97 Å². The summed E-state index contributed by atoms with van der Waals surface area (Å²) < 4.78 is 1.73. The summed E-state index contributed by atoms with van der Waals surface area (Å²) in [6.45, 7) is 2.88. The van der Waals surface area contributed by atoms with E-state index in [9.17, 15) is 4.79 Å². The summed E-state index contributed by atoms with van der Waals surface area (Å²) in [4.78, 5) is 22.5. The highest BCUT2D eigenvalue weighted by atomic mass is 16.2. The number of anilines is 2. The number of nitrogens with zero attached hydrogens (tertiary/aromatic N) is 5. The van der Waals surface area contributed by atoms with E-state index in [0.717, 1.165) is 41.1 Å². The van der Waals surface area contributed by atoms with Crippen molar-refractivity contribution < 1.29 is 4.79 Å². The highest BCUT2D eigenvalue weighted by molar-refractivity contribution is 5.95. The van der Waals surface area contributed by atoms with E-state index in [1.165, 1.54) is 0 Å². The molecule has 1 aliphatic heterocycles. The normalized spacial score (nSPS) is 15.8. The summed E-state index contributed by atoms with van der Waals surface area (Å²) in [6, 6.07) is 8.15. The molecule has 1 aromatic carbocycles. The zero-order valence-electron chi connectivity index (χ0n) is 14.3. The molecule has 0 radical (unpaired) electrons. The largest absolute Gasteiger partial charge is 0.363 e. The first-order valence-corrected chi connectivity index (χ1v) is 8.43. The van der Waals surface area contributed by atoms with Crippen molar-refractivity contribution in [1.29, 1.82) is 0 Å². The maximum absolute atomic E-state index is 12.0. The van der Waals surface area contributed by atoms with Crippen LogP contribution in [0.15, 0.2) is 36.8 Å². The highest BCUT2D eigenvalue weighted by Crippen LogP contribution is 2.27.